The van der Waals surface area contributed by atoms with Crippen molar-refractivity contribution >= 4 is 0 Å². The molecule has 0 spiro atoms. The van der Waals surface area contributed by atoms with Gasteiger partial charge in [-0.25, -0.2) is 0 Å². The third-order valence-electron chi connectivity index (χ3n) is 3.43. The van der Waals surface area contributed by atoms with E-state index in [1.165, 1.54) is 45.6 Å². The van der Waals surface area contributed by atoms with Crippen LogP contribution in [0.25, 0.3) is 11.1 Å². The molecule has 4 nitrogen and oxygen atoms in total. The van der Waals surface area contributed by atoms with Crippen molar-refractivity contribution in [2.75, 3.05) is 21.3 Å². The van der Waals surface area contributed by atoms with Gasteiger partial charge in [-0.3, -0.25) is 4.79 Å². The largest absolute Gasteiger partial charge is 0.493 e. The van der Waals surface area contributed by atoms with Crippen LogP contribution in [-0.2, 0) is 6.18 Å². The molecule has 2 aromatic rings. The molecule has 128 valence electrons. The first-order chi connectivity index (χ1) is 11.3. The number of benzene rings is 1. The van der Waals surface area contributed by atoms with Crippen LogP contribution in [0.5, 0.6) is 17.2 Å². The zero-order valence-electron chi connectivity index (χ0n) is 13.2. The minimum absolute atomic E-state index is 0.0308. The predicted octanol–water partition coefficient (Wildman–Crippen LogP) is 3.76. The Labute approximate surface area is 136 Å². The number of hydrogen-bond donors (Lipinski definition) is 0. The summed E-state index contributed by atoms with van der Waals surface area (Å²) in [6.45, 7) is 0. The molecular weight excluding hydrogens is 325 g/mol. The highest BCUT2D eigenvalue weighted by molar-refractivity contribution is 5.74. The zero-order valence-corrected chi connectivity index (χ0v) is 13.2. The van der Waals surface area contributed by atoms with Gasteiger partial charge in [-0.2, -0.15) is 13.2 Å². The van der Waals surface area contributed by atoms with Crippen LogP contribution in [0.2, 0.25) is 0 Å². The number of halogens is 3. The molecular formula is C17H15F3O4. The van der Waals surface area contributed by atoms with Gasteiger partial charge in [-0.15, -0.1) is 0 Å². The van der Waals surface area contributed by atoms with E-state index in [9.17, 15) is 18.0 Å². The molecule has 0 atom stereocenters. The van der Waals surface area contributed by atoms with Crippen LogP contribution >= 0.6 is 0 Å². The minimum Gasteiger partial charge on any atom is -0.493 e. The maximum absolute atomic E-state index is 12.7. The first kappa shape index (κ1) is 17.7. The Morgan fingerprint density at radius 3 is 1.83 bits per heavy atom. The van der Waals surface area contributed by atoms with Gasteiger partial charge >= 0.3 is 6.18 Å². The van der Waals surface area contributed by atoms with Crippen molar-refractivity contribution in [1.29, 1.82) is 0 Å². The topological polar surface area (TPSA) is 44.8 Å². The van der Waals surface area contributed by atoms with E-state index in [1.807, 2.05) is 0 Å². The summed E-state index contributed by atoms with van der Waals surface area (Å²) in [7, 11) is 3.98. The van der Waals surface area contributed by atoms with Crippen LogP contribution in [0.4, 0.5) is 13.2 Å². The maximum atomic E-state index is 12.7. The molecule has 7 heteroatoms. The average Bonchev–Trinajstić information content (AvgIpc) is 2.69. The molecule has 0 bridgehead atoms. The van der Waals surface area contributed by atoms with Crippen LogP contribution in [0.3, 0.4) is 0 Å². The number of alkyl halides is 3. The van der Waals surface area contributed by atoms with Gasteiger partial charge in [0.15, 0.2) is 11.5 Å². The third-order valence-corrected chi connectivity index (χ3v) is 3.43. The molecule has 0 saturated heterocycles. The Hall–Kier alpha value is -2.70. The van der Waals surface area contributed by atoms with Crippen molar-refractivity contribution in [3.8, 4) is 28.4 Å². The van der Waals surface area contributed by atoms with Crippen LogP contribution in [0, 0.1) is 0 Å². The molecule has 2 aromatic carbocycles. The van der Waals surface area contributed by atoms with Gasteiger partial charge in [0.1, 0.15) is 0 Å². The zero-order chi connectivity index (χ0) is 17.9. The van der Waals surface area contributed by atoms with E-state index in [-0.39, 0.29) is 17.2 Å². The van der Waals surface area contributed by atoms with Crippen molar-refractivity contribution < 1.29 is 27.4 Å². The lowest BCUT2D eigenvalue weighted by atomic mass is 10.0. The lowest BCUT2D eigenvalue weighted by Crippen LogP contribution is -2.07. The highest BCUT2D eigenvalue weighted by Gasteiger charge is 2.30. The SMILES string of the molecule is COc1c(-c2ccc(C(F)(F)F)cc2)ccc(OC)c(=O)c1OC. The van der Waals surface area contributed by atoms with E-state index in [4.69, 9.17) is 14.2 Å². The Morgan fingerprint density at radius 1 is 0.792 bits per heavy atom. The van der Waals surface area contributed by atoms with Crippen LogP contribution in [-0.4, -0.2) is 21.3 Å². The Morgan fingerprint density at radius 2 is 1.38 bits per heavy atom. The summed E-state index contributed by atoms with van der Waals surface area (Å²) in [5.74, 6) is 0.0584. The van der Waals surface area contributed by atoms with Crippen LogP contribution < -0.4 is 19.6 Å². The van der Waals surface area contributed by atoms with E-state index >= 15 is 0 Å². The summed E-state index contributed by atoms with van der Waals surface area (Å²) in [4.78, 5) is 12.3. The molecule has 24 heavy (non-hydrogen) atoms. The summed E-state index contributed by atoms with van der Waals surface area (Å²) in [5, 5.41) is 0. The minimum atomic E-state index is -4.42. The number of rotatable bonds is 4. The second-order valence-corrected chi connectivity index (χ2v) is 4.79. The summed E-state index contributed by atoms with van der Waals surface area (Å²) in [6.07, 6.45) is -4.42. The highest BCUT2D eigenvalue weighted by atomic mass is 19.4. The van der Waals surface area contributed by atoms with E-state index in [2.05, 4.69) is 0 Å². The monoisotopic (exact) mass is 340 g/mol. The molecule has 0 heterocycles. The van der Waals surface area contributed by atoms with Crippen molar-refractivity contribution in [2.24, 2.45) is 0 Å². The number of ether oxygens (including phenoxy) is 3. The van der Waals surface area contributed by atoms with Crippen LogP contribution in [0.15, 0.2) is 41.2 Å². The van der Waals surface area contributed by atoms with Gasteiger partial charge in [-0.1, -0.05) is 12.1 Å². The smallest absolute Gasteiger partial charge is 0.416 e. The summed E-state index contributed by atoms with van der Waals surface area (Å²) in [6, 6.07) is 7.48. The highest BCUT2D eigenvalue weighted by Crippen LogP contribution is 2.37. The molecule has 0 N–H and O–H groups in total. The fourth-order valence-electron chi connectivity index (χ4n) is 2.26. The molecule has 0 aromatic heterocycles. The molecule has 0 aliphatic rings. The number of methoxy groups -OCH3 is 3. The fourth-order valence-corrected chi connectivity index (χ4v) is 2.26. The number of hydrogen-bond acceptors (Lipinski definition) is 4. The van der Waals surface area contributed by atoms with Crippen molar-refractivity contribution in [2.45, 2.75) is 6.18 Å². The average molecular weight is 340 g/mol. The normalized spacial score (nSPS) is 11.1. The lowest BCUT2D eigenvalue weighted by molar-refractivity contribution is -0.137. The molecule has 0 radical (unpaired) electrons. The fraction of sp³-hybridized carbons (Fsp3) is 0.235. The molecule has 0 aliphatic heterocycles. The first-order valence-corrected chi connectivity index (χ1v) is 6.84. The van der Waals surface area contributed by atoms with E-state index in [1.54, 1.807) is 0 Å². The first-order valence-electron chi connectivity index (χ1n) is 6.84. The molecule has 2 rings (SSSR count). The molecule has 0 amide bonds. The van der Waals surface area contributed by atoms with E-state index in [0.717, 1.165) is 12.1 Å². The Bertz CT molecular complexity index is 783. The molecule has 0 fully saturated rings. The molecule has 0 unspecified atom stereocenters. The van der Waals surface area contributed by atoms with Gasteiger partial charge < -0.3 is 14.2 Å². The van der Waals surface area contributed by atoms with Gasteiger partial charge in [0.2, 0.25) is 5.75 Å². The standard InChI is InChI=1S/C17H15F3O4/c1-22-13-9-8-12(15(23-2)16(24-3)14(13)21)10-4-6-11(7-5-10)17(18,19)20/h4-9H,1-3H3. The summed E-state index contributed by atoms with van der Waals surface area (Å²) < 4.78 is 53.5. The summed E-state index contributed by atoms with van der Waals surface area (Å²) in [5.41, 5.74) is -0.436. The Balaban J connectivity index is 2.70. The van der Waals surface area contributed by atoms with Crippen molar-refractivity contribution in [3.63, 3.8) is 0 Å². The van der Waals surface area contributed by atoms with Gasteiger partial charge in [0.25, 0.3) is 5.43 Å². The Kier molecular flexibility index (Phi) is 5.02. The van der Waals surface area contributed by atoms with Crippen molar-refractivity contribution in [3.05, 3.63) is 52.2 Å². The third kappa shape index (κ3) is 3.29. The lowest BCUT2D eigenvalue weighted by Gasteiger charge is -2.11. The molecule has 0 aliphatic carbocycles. The summed E-state index contributed by atoms with van der Waals surface area (Å²) >= 11 is 0. The maximum Gasteiger partial charge on any atom is 0.416 e. The van der Waals surface area contributed by atoms with Gasteiger partial charge in [-0.05, 0) is 29.8 Å². The molecule has 0 saturated carbocycles. The second kappa shape index (κ2) is 6.82. The van der Waals surface area contributed by atoms with E-state index in [0.29, 0.717) is 11.1 Å². The second-order valence-electron chi connectivity index (χ2n) is 4.79. The van der Waals surface area contributed by atoms with Gasteiger partial charge in [0.05, 0.1) is 26.9 Å². The van der Waals surface area contributed by atoms with Gasteiger partial charge in [0, 0.05) is 5.56 Å². The predicted molar refractivity (Wildman–Crippen MR) is 82.8 cm³/mol. The van der Waals surface area contributed by atoms with Crippen molar-refractivity contribution in [1.82, 2.24) is 0 Å². The quantitative estimate of drug-likeness (QED) is 0.850. The van der Waals surface area contributed by atoms with Crippen LogP contribution in [0.1, 0.15) is 5.56 Å². The van der Waals surface area contributed by atoms with E-state index < -0.39 is 17.2 Å².